The quantitative estimate of drug-likeness (QED) is 0.790. The minimum atomic E-state index is -0.237. The number of carbonyl (C=O) groups excluding carboxylic acids is 1. The van der Waals surface area contributed by atoms with Gasteiger partial charge in [0.05, 0.1) is 5.69 Å². The first kappa shape index (κ1) is 14.1. The van der Waals surface area contributed by atoms with Gasteiger partial charge < -0.3 is 5.32 Å². The third-order valence-electron chi connectivity index (χ3n) is 3.63. The van der Waals surface area contributed by atoms with E-state index in [2.05, 4.69) is 15.3 Å². The Kier molecular flexibility index (Phi) is 3.55. The second-order valence-electron chi connectivity index (χ2n) is 4.97. The van der Waals surface area contributed by atoms with Crippen LogP contribution >= 0.6 is 0 Å². The first-order valence-corrected chi connectivity index (χ1v) is 6.83. The Morgan fingerprint density at radius 3 is 2.64 bits per heavy atom. The molecule has 0 atom stereocenters. The van der Waals surface area contributed by atoms with Gasteiger partial charge in [0.1, 0.15) is 11.5 Å². The highest BCUT2D eigenvalue weighted by atomic mass is 19.1. The Labute approximate surface area is 127 Å². The van der Waals surface area contributed by atoms with E-state index in [1.54, 1.807) is 44.6 Å². The average Bonchev–Trinajstić information content (AvgIpc) is 2.57. The van der Waals surface area contributed by atoms with Crippen LogP contribution in [0.2, 0.25) is 0 Å². The highest BCUT2D eigenvalue weighted by Gasteiger charge is 2.08. The third kappa shape index (κ3) is 2.41. The summed E-state index contributed by atoms with van der Waals surface area (Å²) < 4.78 is 13.6. The van der Waals surface area contributed by atoms with E-state index >= 15 is 0 Å². The number of aromatic nitrogens is 2. The van der Waals surface area contributed by atoms with Crippen LogP contribution in [0.15, 0.2) is 42.7 Å². The van der Waals surface area contributed by atoms with Crippen molar-refractivity contribution in [1.29, 1.82) is 0 Å². The van der Waals surface area contributed by atoms with Crippen molar-refractivity contribution in [1.82, 2.24) is 15.3 Å². The van der Waals surface area contributed by atoms with Gasteiger partial charge in [0, 0.05) is 30.4 Å². The van der Waals surface area contributed by atoms with Gasteiger partial charge in [-0.25, -0.2) is 4.39 Å². The summed E-state index contributed by atoms with van der Waals surface area (Å²) in [6, 6.07) is 8.51. The first-order chi connectivity index (χ1) is 10.6. The van der Waals surface area contributed by atoms with Gasteiger partial charge in [-0.2, -0.15) is 0 Å². The molecule has 0 unspecified atom stereocenters. The van der Waals surface area contributed by atoms with Crippen molar-refractivity contribution in [3.05, 3.63) is 59.8 Å². The maximum absolute atomic E-state index is 13.6. The number of fused-ring (bicyclic) bond motifs is 1. The minimum absolute atomic E-state index is 0.232. The van der Waals surface area contributed by atoms with Gasteiger partial charge in [-0.05, 0) is 42.1 Å². The molecule has 0 fully saturated rings. The summed E-state index contributed by atoms with van der Waals surface area (Å²) >= 11 is 0. The molecule has 0 spiro atoms. The summed E-state index contributed by atoms with van der Waals surface area (Å²) in [4.78, 5) is 20.0. The van der Waals surface area contributed by atoms with Gasteiger partial charge in [-0.3, -0.25) is 14.8 Å². The lowest BCUT2D eigenvalue weighted by Gasteiger charge is -2.06. The summed E-state index contributed by atoms with van der Waals surface area (Å²) in [5.74, 6) is -0.470. The molecule has 22 heavy (non-hydrogen) atoms. The van der Waals surface area contributed by atoms with Gasteiger partial charge in [0.2, 0.25) is 0 Å². The summed E-state index contributed by atoms with van der Waals surface area (Å²) in [5.41, 5.74) is 2.47. The van der Waals surface area contributed by atoms with E-state index in [1.807, 2.05) is 6.07 Å². The molecule has 1 aromatic carbocycles. The van der Waals surface area contributed by atoms with Gasteiger partial charge in [-0.1, -0.05) is 6.07 Å². The van der Waals surface area contributed by atoms with Crippen LogP contribution in [0.1, 0.15) is 16.1 Å². The molecule has 5 heteroatoms. The molecule has 0 saturated heterocycles. The van der Waals surface area contributed by atoms with Crippen LogP contribution in [-0.2, 0) is 0 Å². The van der Waals surface area contributed by atoms with Crippen molar-refractivity contribution < 1.29 is 9.18 Å². The first-order valence-electron chi connectivity index (χ1n) is 6.83. The summed E-state index contributed by atoms with van der Waals surface area (Å²) in [7, 11) is 1.56. The largest absolute Gasteiger partial charge is 0.354 e. The molecule has 3 aromatic rings. The van der Waals surface area contributed by atoms with Gasteiger partial charge in [-0.15, -0.1) is 0 Å². The van der Waals surface area contributed by atoms with Crippen molar-refractivity contribution in [3.63, 3.8) is 0 Å². The molecule has 1 amide bonds. The number of carbonyl (C=O) groups is 1. The molecule has 4 nitrogen and oxygen atoms in total. The number of nitrogens with zero attached hydrogens (tertiary/aromatic N) is 2. The number of pyridine rings is 2. The molecule has 3 rings (SSSR count). The van der Waals surface area contributed by atoms with E-state index in [1.165, 1.54) is 6.07 Å². The molecule has 2 aromatic heterocycles. The number of hydrogen-bond donors (Lipinski definition) is 1. The lowest BCUT2D eigenvalue weighted by atomic mass is 10.0. The predicted molar refractivity (Wildman–Crippen MR) is 83.1 cm³/mol. The molecular weight excluding hydrogens is 281 g/mol. The van der Waals surface area contributed by atoms with Crippen LogP contribution in [0.25, 0.3) is 22.0 Å². The van der Waals surface area contributed by atoms with Crippen LogP contribution in [0.3, 0.4) is 0 Å². The highest BCUT2D eigenvalue weighted by Crippen LogP contribution is 2.25. The Balaban J connectivity index is 2.03. The molecule has 0 aliphatic rings. The Morgan fingerprint density at radius 1 is 1.14 bits per heavy atom. The summed E-state index contributed by atoms with van der Waals surface area (Å²) in [6.07, 6.45) is 3.27. The maximum atomic E-state index is 13.6. The van der Waals surface area contributed by atoms with E-state index < -0.39 is 0 Å². The molecule has 0 aliphatic heterocycles. The topological polar surface area (TPSA) is 54.9 Å². The second kappa shape index (κ2) is 5.52. The Morgan fingerprint density at radius 2 is 1.95 bits per heavy atom. The van der Waals surface area contributed by atoms with E-state index in [0.29, 0.717) is 11.3 Å². The minimum Gasteiger partial charge on any atom is -0.354 e. The van der Waals surface area contributed by atoms with E-state index in [-0.39, 0.29) is 11.7 Å². The average molecular weight is 295 g/mol. The van der Waals surface area contributed by atoms with Gasteiger partial charge in [0.25, 0.3) is 5.91 Å². The molecule has 0 bridgehead atoms. The molecule has 110 valence electrons. The number of amides is 1. The van der Waals surface area contributed by atoms with Crippen LogP contribution in [-0.4, -0.2) is 22.9 Å². The standard InChI is InChI=1S/C17H14FN3O/c1-10-13-9-21-16(7-11(13)3-5-14(10)18)12-4-6-15(20-8-12)17(22)19-2/h3-9H,1-2H3,(H,19,22). The number of hydrogen-bond acceptors (Lipinski definition) is 3. The second-order valence-corrected chi connectivity index (χ2v) is 4.97. The van der Waals surface area contributed by atoms with Crippen molar-refractivity contribution in [3.8, 4) is 11.3 Å². The lowest BCUT2D eigenvalue weighted by Crippen LogP contribution is -2.18. The fourth-order valence-electron chi connectivity index (χ4n) is 2.30. The van der Waals surface area contributed by atoms with E-state index in [4.69, 9.17) is 0 Å². The molecule has 2 heterocycles. The van der Waals surface area contributed by atoms with E-state index in [9.17, 15) is 9.18 Å². The molecule has 0 saturated carbocycles. The molecule has 1 N–H and O–H groups in total. The number of nitrogens with one attached hydrogen (secondary N) is 1. The molecule has 0 aliphatic carbocycles. The zero-order chi connectivity index (χ0) is 15.7. The zero-order valence-electron chi connectivity index (χ0n) is 12.2. The van der Waals surface area contributed by atoms with Gasteiger partial charge >= 0.3 is 0 Å². The van der Waals surface area contributed by atoms with Crippen LogP contribution < -0.4 is 5.32 Å². The normalized spacial score (nSPS) is 10.7. The lowest BCUT2D eigenvalue weighted by molar-refractivity contribution is 0.0958. The summed E-state index contributed by atoms with van der Waals surface area (Å²) in [6.45, 7) is 1.73. The number of rotatable bonds is 2. The highest BCUT2D eigenvalue weighted by molar-refractivity contribution is 5.92. The Hall–Kier alpha value is -2.82. The van der Waals surface area contributed by atoms with Crippen molar-refractivity contribution >= 4 is 16.7 Å². The predicted octanol–water partition coefficient (Wildman–Crippen LogP) is 3.10. The third-order valence-corrected chi connectivity index (χ3v) is 3.63. The summed E-state index contributed by atoms with van der Waals surface area (Å²) in [5, 5.41) is 4.23. The monoisotopic (exact) mass is 295 g/mol. The number of aryl methyl sites for hydroxylation is 1. The van der Waals surface area contributed by atoms with Crippen molar-refractivity contribution in [2.75, 3.05) is 7.05 Å². The van der Waals surface area contributed by atoms with E-state index in [0.717, 1.165) is 22.0 Å². The fourth-order valence-corrected chi connectivity index (χ4v) is 2.30. The van der Waals surface area contributed by atoms with Crippen molar-refractivity contribution in [2.24, 2.45) is 0 Å². The van der Waals surface area contributed by atoms with Crippen molar-refractivity contribution in [2.45, 2.75) is 6.92 Å². The Bertz CT molecular complexity index is 860. The van der Waals surface area contributed by atoms with Gasteiger partial charge in [0.15, 0.2) is 0 Å². The molecular formula is C17H14FN3O. The fraction of sp³-hybridized carbons (Fsp3) is 0.118. The maximum Gasteiger partial charge on any atom is 0.269 e. The number of halogens is 1. The zero-order valence-corrected chi connectivity index (χ0v) is 12.2. The van der Waals surface area contributed by atoms with Crippen LogP contribution in [0, 0.1) is 12.7 Å². The van der Waals surface area contributed by atoms with Crippen LogP contribution in [0.5, 0.6) is 0 Å². The SMILES string of the molecule is CNC(=O)c1ccc(-c2cc3ccc(F)c(C)c3cn2)cn1. The number of benzene rings is 1. The molecule has 0 radical (unpaired) electrons. The van der Waals surface area contributed by atoms with Crippen LogP contribution in [0.4, 0.5) is 4.39 Å². The smallest absolute Gasteiger partial charge is 0.269 e.